The molecule has 0 fully saturated rings. The van der Waals surface area contributed by atoms with Crippen LogP contribution in [-0.4, -0.2) is 25.7 Å². The van der Waals surface area contributed by atoms with Crippen LogP contribution in [0, 0.1) is 0 Å². The van der Waals surface area contributed by atoms with Gasteiger partial charge in [0.1, 0.15) is 0 Å². The Hall–Kier alpha value is -2.88. The Bertz CT molecular complexity index is 747. The molecule has 0 aromatic heterocycles. The minimum Gasteiger partial charge on any atom is -0.469 e. The van der Waals surface area contributed by atoms with Gasteiger partial charge in [0.15, 0.2) is 0 Å². The van der Waals surface area contributed by atoms with Gasteiger partial charge in [0.05, 0.1) is 25.7 Å². The molecule has 0 radical (unpaired) electrons. The normalized spacial score (nSPS) is 10.1. The number of ether oxygens (including phenoxy) is 2. The first kappa shape index (κ1) is 17.5. The Labute approximate surface area is 141 Å². The number of carbonyl (C=O) groups excluding carboxylic acids is 2. The zero-order valence-corrected chi connectivity index (χ0v) is 13.9. The molecule has 2 rings (SSSR count). The highest BCUT2D eigenvalue weighted by atomic mass is 16.5. The first-order chi connectivity index (χ1) is 11.6. The Balaban J connectivity index is 2.48. The van der Waals surface area contributed by atoms with E-state index in [2.05, 4.69) is 6.58 Å². The molecular formula is C20H20O4. The second-order valence-electron chi connectivity index (χ2n) is 5.20. The summed E-state index contributed by atoms with van der Waals surface area (Å²) in [4.78, 5) is 23.6. The maximum Gasteiger partial charge on any atom is 0.338 e. The molecule has 0 aliphatic carbocycles. The van der Waals surface area contributed by atoms with Gasteiger partial charge in [0.25, 0.3) is 0 Å². The summed E-state index contributed by atoms with van der Waals surface area (Å²) in [6.45, 7) is 5.90. The average Bonchev–Trinajstić information content (AvgIpc) is 2.61. The summed E-state index contributed by atoms with van der Waals surface area (Å²) >= 11 is 0. The summed E-state index contributed by atoms with van der Waals surface area (Å²) < 4.78 is 9.76. The SMILES string of the molecule is C=C(C(=O)OCC)c1cc(CC(=O)OC)ccc1-c1ccccc1. The molecule has 0 amide bonds. The van der Waals surface area contributed by atoms with Gasteiger partial charge >= 0.3 is 11.9 Å². The van der Waals surface area contributed by atoms with Crippen LogP contribution in [0.3, 0.4) is 0 Å². The van der Waals surface area contributed by atoms with Crippen molar-refractivity contribution in [2.45, 2.75) is 13.3 Å². The van der Waals surface area contributed by atoms with Gasteiger partial charge in [-0.2, -0.15) is 0 Å². The third kappa shape index (κ3) is 4.10. The van der Waals surface area contributed by atoms with E-state index in [1.165, 1.54) is 7.11 Å². The third-order valence-electron chi connectivity index (χ3n) is 3.59. The minimum absolute atomic E-state index is 0.134. The van der Waals surface area contributed by atoms with Crippen LogP contribution in [0.2, 0.25) is 0 Å². The Morgan fingerprint density at radius 1 is 1.08 bits per heavy atom. The lowest BCUT2D eigenvalue weighted by Crippen LogP contribution is -2.09. The van der Waals surface area contributed by atoms with Crippen molar-refractivity contribution in [1.82, 2.24) is 0 Å². The summed E-state index contributed by atoms with van der Waals surface area (Å²) in [7, 11) is 1.35. The lowest BCUT2D eigenvalue weighted by atomic mass is 9.92. The molecule has 0 aliphatic heterocycles. The summed E-state index contributed by atoms with van der Waals surface area (Å²) in [5.74, 6) is -0.806. The second-order valence-corrected chi connectivity index (χ2v) is 5.20. The van der Waals surface area contributed by atoms with Gasteiger partial charge < -0.3 is 9.47 Å². The molecule has 0 atom stereocenters. The van der Waals surface area contributed by atoms with E-state index in [1.54, 1.807) is 13.0 Å². The number of rotatable bonds is 6. The van der Waals surface area contributed by atoms with Crippen LogP contribution in [-0.2, 0) is 25.5 Å². The molecule has 24 heavy (non-hydrogen) atoms. The molecule has 0 unspecified atom stereocenters. The van der Waals surface area contributed by atoms with Crippen LogP contribution in [0.5, 0.6) is 0 Å². The zero-order chi connectivity index (χ0) is 17.5. The summed E-state index contributed by atoms with van der Waals surface area (Å²) in [5.41, 5.74) is 3.50. The average molecular weight is 324 g/mol. The zero-order valence-electron chi connectivity index (χ0n) is 13.9. The predicted molar refractivity (Wildman–Crippen MR) is 93.3 cm³/mol. The topological polar surface area (TPSA) is 52.6 Å². The third-order valence-corrected chi connectivity index (χ3v) is 3.59. The van der Waals surface area contributed by atoms with Crippen molar-refractivity contribution in [3.8, 4) is 11.1 Å². The highest BCUT2D eigenvalue weighted by Crippen LogP contribution is 2.30. The van der Waals surface area contributed by atoms with E-state index in [-0.39, 0.29) is 24.6 Å². The first-order valence-corrected chi connectivity index (χ1v) is 7.68. The summed E-state index contributed by atoms with van der Waals surface area (Å²) in [5, 5.41) is 0. The molecule has 124 valence electrons. The van der Waals surface area contributed by atoms with E-state index in [0.29, 0.717) is 5.56 Å². The second kappa shape index (κ2) is 8.11. The standard InChI is InChI=1S/C20H20O4/c1-4-24-20(22)14(2)18-12-15(13-19(21)23-3)10-11-17(18)16-8-6-5-7-9-16/h5-12H,2,4,13H2,1,3H3. The minimum atomic E-state index is -0.468. The van der Waals surface area contributed by atoms with Crippen LogP contribution in [0.15, 0.2) is 55.1 Å². The molecule has 2 aromatic rings. The van der Waals surface area contributed by atoms with Crippen molar-refractivity contribution >= 4 is 17.5 Å². The van der Waals surface area contributed by atoms with E-state index in [9.17, 15) is 9.59 Å². The van der Waals surface area contributed by atoms with Crippen LogP contribution < -0.4 is 0 Å². The van der Waals surface area contributed by atoms with Gasteiger partial charge in [-0.15, -0.1) is 0 Å². The fraction of sp³-hybridized carbons (Fsp3) is 0.200. The van der Waals surface area contributed by atoms with Crippen molar-refractivity contribution in [3.63, 3.8) is 0 Å². The first-order valence-electron chi connectivity index (χ1n) is 7.68. The predicted octanol–water partition coefficient (Wildman–Crippen LogP) is 3.65. The number of hydrogen-bond acceptors (Lipinski definition) is 4. The number of esters is 2. The molecule has 0 bridgehead atoms. The highest BCUT2D eigenvalue weighted by molar-refractivity contribution is 6.17. The fourth-order valence-corrected chi connectivity index (χ4v) is 2.39. The number of carbonyl (C=O) groups is 2. The van der Waals surface area contributed by atoms with Gasteiger partial charge in [0.2, 0.25) is 0 Å². The smallest absolute Gasteiger partial charge is 0.338 e. The molecule has 4 nitrogen and oxygen atoms in total. The van der Waals surface area contributed by atoms with Crippen LogP contribution in [0.25, 0.3) is 16.7 Å². The monoisotopic (exact) mass is 324 g/mol. The van der Waals surface area contributed by atoms with E-state index >= 15 is 0 Å². The van der Waals surface area contributed by atoms with Crippen molar-refractivity contribution in [2.75, 3.05) is 13.7 Å². The van der Waals surface area contributed by atoms with Crippen molar-refractivity contribution in [3.05, 3.63) is 66.2 Å². The van der Waals surface area contributed by atoms with Gasteiger partial charge in [-0.25, -0.2) is 4.79 Å². The van der Waals surface area contributed by atoms with Crippen LogP contribution >= 0.6 is 0 Å². The molecular weight excluding hydrogens is 304 g/mol. The molecule has 0 aliphatic rings. The molecule has 0 heterocycles. The van der Waals surface area contributed by atoms with Gasteiger partial charge in [-0.05, 0) is 35.2 Å². The van der Waals surface area contributed by atoms with Crippen LogP contribution in [0.1, 0.15) is 18.1 Å². The maximum absolute atomic E-state index is 12.1. The van der Waals surface area contributed by atoms with Crippen molar-refractivity contribution in [1.29, 1.82) is 0 Å². The lowest BCUT2D eigenvalue weighted by Gasteiger charge is -2.13. The molecule has 2 aromatic carbocycles. The van der Waals surface area contributed by atoms with Crippen LogP contribution in [0.4, 0.5) is 0 Å². The maximum atomic E-state index is 12.1. The Morgan fingerprint density at radius 3 is 2.42 bits per heavy atom. The van der Waals surface area contributed by atoms with Gasteiger partial charge in [-0.1, -0.05) is 49.0 Å². The summed E-state index contributed by atoms with van der Waals surface area (Å²) in [6, 6.07) is 15.2. The summed E-state index contributed by atoms with van der Waals surface area (Å²) in [6.07, 6.45) is 0.134. The largest absolute Gasteiger partial charge is 0.469 e. The Morgan fingerprint density at radius 2 is 1.79 bits per heavy atom. The lowest BCUT2D eigenvalue weighted by molar-refractivity contribution is -0.139. The van der Waals surface area contributed by atoms with E-state index in [1.807, 2.05) is 42.5 Å². The van der Waals surface area contributed by atoms with Gasteiger partial charge in [0, 0.05) is 0 Å². The quantitative estimate of drug-likeness (QED) is 0.601. The Kier molecular flexibility index (Phi) is 5.90. The molecule has 0 N–H and O–H groups in total. The van der Waals surface area contributed by atoms with Crippen molar-refractivity contribution < 1.29 is 19.1 Å². The fourth-order valence-electron chi connectivity index (χ4n) is 2.39. The number of methoxy groups -OCH3 is 1. The molecule has 0 spiro atoms. The number of benzene rings is 2. The van der Waals surface area contributed by atoms with Crippen molar-refractivity contribution in [2.24, 2.45) is 0 Å². The van der Waals surface area contributed by atoms with E-state index in [4.69, 9.17) is 9.47 Å². The molecule has 0 saturated carbocycles. The molecule has 0 saturated heterocycles. The van der Waals surface area contributed by atoms with E-state index in [0.717, 1.165) is 16.7 Å². The number of hydrogen-bond donors (Lipinski definition) is 0. The van der Waals surface area contributed by atoms with E-state index < -0.39 is 5.97 Å². The molecule has 4 heteroatoms. The van der Waals surface area contributed by atoms with Gasteiger partial charge in [-0.3, -0.25) is 4.79 Å². The highest BCUT2D eigenvalue weighted by Gasteiger charge is 2.17.